The van der Waals surface area contributed by atoms with Crippen molar-refractivity contribution in [3.05, 3.63) is 63.6 Å². The number of morpholine rings is 1. The molecule has 4 rings (SSSR count). The lowest BCUT2D eigenvalue weighted by Crippen LogP contribution is -2.41. The number of halogens is 2. The largest absolute Gasteiger partial charge is 0.378 e. The third-order valence-electron chi connectivity index (χ3n) is 6.08. The number of nitrogens with one attached hydrogen (secondary N) is 1. The number of likely N-dealkylation sites (tertiary alicyclic amines) is 1. The predicted molar refractivity (Wildman–Crippen MR) is 126 cm³/mol. The van der Waals surface area contributed by atoms with E-state index in [4.69, 9.17) is 27.9 Å². The first-order chi connectivity index (χ1) is 15.5. The molecule has 2 aromatic rings. The first-order valence-electron chi connectivity index (χ1n) is 10.9. The van der Waals surface area contributed by atoms with E-state index in [9.17, 15) is 9.59 Å². The number of anilines is 1. The molecule has 2 heterocycles. The fraction of sp³-hybridized carbons (Fsp3) is 0.417. The lowest BCUT2D eigenvalue weighted by atomic mass is 9.95. The van der Waals surface area contributed by atoms with Crippen LogP contribution in [0.1, 0.15) is 28.8 Å². The van der Waals surface area contributed by atoms with Gasteiger partial charge in [0.25, 0.3) is 5.91 Å². The van der Waals surface area contributed by atoms with E-state index in [1.807, 2.05) is 24.3 Å². The molecule has 0 bridgehead atoms. The van der Waals surface area contributed by atoms with Crippen LogP contribution in [-0.4, -0.2) is 61.0 Å². The third kappa shape index (κ3) is 5.62. The summed E-state index contributed by atoms with van der Waals surface area (Å²) < 4.78 is 5.34. The van der Waals surface area contributed by atoms with E-state index in [0.29, 0.717) is 47.6 Å². The Morgan fingerprint density at radius 3 is 2.44 bits per heavy atom. The summed E-state index contributed by atoms with van der Waals surface area (Å²) in [4.78, 5) is 30.0. The SMILES string of the molecule is O=C(Nc1ccccc1C(=O)N1CCOCC1)C1CCN(Cc2ccc(Cl)cc2Cl)CC1. The molecule has 2 aliphatic heterocycles. The molecule has 1 N–H and O–H groups in total. The van der Waals surface area contributed by atoms with Gasteiger partial charge in [0, 0.05) is 35.6 Å². The van der Waals surface area contributed by atoms with E-state index in [0.717, 1.165) is 38.0 Å². The highest BCUT2D eigenvalue weighted by atomic mass is 35.5. The molecule has 0 radical (unpaired) electrons. The summed E-state index contributed by atoms with van der Waals surface area (Å²) in [5, 5.41) is 4.30. The van der Waals surface area contributed by atoms with Gasteiger partial charge in [-0.15, -0.1) is 0 Å². The Morgan fingerprint density at radius 1 is 1.00 bits per heavy atom. The molecule has 0 atom stereocenters. The zero-order chi connectivity index (χ0) is 22.5. The summed E-state index contributed by atoms with van der Waals surface area (Å²) in [6.07, 6.45) is 1.52. The number of hydrogen-bond acceptors (Lipinski definition) is 4. The monoisotopic (exact) mass is 475 g/mol. The third-order valence-corrected chi connectivity index (χ3v) is 6.67. The molecule has 32 heavy (non-hydrogen) atoms. The van der Waals surface area contributed by atoms with Crippen molar-refractivity contribution in [3.63, 3.8) is 0 Å². The number of para-hydroxylation sites is 1. The molecule has 0 unspecified atom stereocenters. The van der Waals surface area contributed by atoms with Crippen molar-refractivity contribution in [3.8, 4) is 0 Å². The Kier molecular flexibility index (Phi) is 7.68. The van der Waals surface area contributed by atoms with E-state index >= 15 is 0 Å². The Bertz CT molecular complexity index is 971. The Hall–Kier alpha value is -2.12. The Labute approximate surface area is 198 Å². The lowest BCUT2D eigenvalue weighted by Gasteiger charge is -2.32. The Balaban J connectivity index is 1.34. The average Bonchev–Trinajstić information content (AvgIpc) is 2.82. The van der Waals surface area contributed by atoms with Crippen molar-refractivity contribution >= 4 is 40.7 Å². The van der Waals surface area contributed by atoms with Gasteiger partial charge in [-0.2, -0.15) is 0 Å². The van der Waals surface area contributed by atoms with E-state index < -0.39 is 0 Å². The van der Waals surface area contributed by atoms with Crippen LogP contribution in [0.15, 0.2) is 42.5 Å². The number of rotatable bonds is 5. The van der Waals surface area contributed by atoms with Crippen molar-refractivity contribution in [2.45, 2.75) is 19.4 Å². The van der Waals surface area contributed by atoms with Crippen LogP contribution >= 0.6 is 23.2 Å². The number of ether oxygens (including phenoxy) is 1. The summed E-state index contributed by atoms with van der Waals surface area (Å²) in [6.45, 7) is 4.58. The van der Waals surface area contributed by atoms with Crippen LogP contribution in [-0.2, 0) is 16.1 Å². The van der Waals surface area contributed by atoms with Crippen LogP contribution in [0.3, 0.4) is 0 Å². The zero-order valence-corrected chi connectivity index (χ0v) is 19.4. The minimum absolute atomic E-state index is 0.0311. The molecule has 2 amide bonds. The highest BCUT2D eigenvalue weighted by molar-refractivity contribution is 6.35. The number of amides is 2. The van der Waals surface area contributed by atoms with Crippen LogP contribution in [0, 0.1) is 5.92 Å². The fourth-order valence-electron chi connectivity index (χ4n) is 4.19. The quantitative estimate of drug-likeness (QED) is 0.699. The summed E-state index contributed by atoms with van der Waals surface area (Å²) >= 11 is 12.3. The number of benzene rings is 2. The van der Waals surface area contributed by atoms with Crippen molar-refractivity contribution in [2.24, 2.45) is 5.92 Å². The van der Waals surface area contributed by atoms with Crippen LogP contribution in [0.5, 0.6) is 0 Å². The first-order valence-corrected chi connectivity index (χ1v) is 11.7. The minimum Gasteiger partial charge on any atom is -0.378 e. The van der Waals surface area contributed by atoms with Gasteiger partial charge in [0.15, 0.2) is 0 Å². The maximum Gasteiger partial charge on any atom is 0.256 e. The van der Waals surface area contributed by atoms with Crippen molar-refractivity contribution in [2.75, 3.05) is 44.7 Å². The highest BCUT2D eigenvalue weighted by Gasteiger charge is 2.27. The van der Waals surface area contributed by atoms with E-state index in [1.165, 1.54) is 0 Å². The molecule has 0 aliphatic carbocycles. The first kappa shape index (κ1) is 23.1. The van der Waals surface area contributed by atoms with E-state index in [2.05, 4.69) is 10.2 Å². The normalized spacial score (nSPS) is 17.9. The number of nitrogens with zero attached hydrogens (tertiary/aromatic N) is 2. The van der Waals surface area contributed by atoms with Crippen LogP contribution in [0.25, 0.3) is 0 Å². The number of carbonyl (C=O) groups excluding carboxylic acids is 2. The zero-order valence-electron chi connectivity index (χ0n) is 17.9. The topological polar surface area (TPSA) is 61.9 Å². The van der Waals surface area contributed by atoms with Gasteiger partial charge >= 0.3 is 0 Å². The summed E-state index contributed by atoms with van der Waals surface area (Å²) in [6, 6.07) is 12.8. The molecule has 170 valence electrons. The maximum atomic E-state index is 13.0. The standard InChI is InChI=1S/C24H27Cl2N3O3/c25-19-6-5-18(21(26)15-19)16-28-9-7-17(8-10-28)23(30)27-22-4-2-1-3-20(22)24(31)29-11-13-32-14-12-29/h1-6,15,17H,7-14,16H2,(H,27,30). The second-order valence-electron chi connectivity index (χ2n) is 8.23. The smallest absolute Gasteiger partial charge is 0.256 e. The van der Waals surface area contributed by atoms with Gasteiger partial charge in [-0.1, -0.05) is 41.4 Å². The molecule has 0 saturated carbocycles. The summed E-state index contributed by atoms with van der Waals surface area (Å²) in [7, 11) is 0. The summed E-state index contributed by atoms with van der Waals surface area (Å²) in [5.41, 5.74) is 2.14. The molecule has 8 heteroatoms. The summed E-state index contributed by atoms with van der Waals surface area (Å²) in [5.74, 6) is -0.186. The van der Waals surface area contributed by atoms with Gasteiger partial charge in [-0.3, -0.25) is 14.5 Å². The highest BCUT2D eigenvalue weighted by Crippen LogP contribution is 2.26. The molecule has 2 aliphatic rings. The molecular weight excluding hydrogens is 449 g/mol. The second-order valence-corrected chi connectivity index (χ2v) is 9.07. The predicted octanol–water partition coefficient (Wildman–Crippen LogP) is 4.32. The molecule has 2 aromatic carbocycles. The van der Waals surface area contributed by atoms with Crippen LogP contribution in [0.2, 0.25) is 10.0 Å². The minimum atomic E-state index is -0.0847. The van der Waals surface area contributed by atoms with Crippen LogP contribution < -0.4 is 5.32 Å². The van der Waals surface area contributed by atoms with Crippen molar-refractivity contribution in [1.82, 2.24) is 9.80 Å². The van der Waals surface area contributed by atoms with Crippen molar-refractivity contribution in [1.29, 1.82) is 0 Å². The Morgan fingerprint density at radius 2 is 1.72 bits per heavy atom. The van der Waals surface area contributed by atoms with Crippen molar-refractivity contribution < 1.29 is 14.3 Å². The van der Waals surface area contributed by atoms with Crippen LogP contribution in [0.4, 0.5) is 5.69 Å². The van der Waals surface area contributed by atoms with E-state index in [1.54, 1.807) is 23.1 Å². The lowest BCUT2D eigenvalue weighted by molar-refractivity contribution is -0.121. The van der Waals surface area contributed by atoms with Gasteiger partial charge in [-0.05, 0) is 55.8 Å². The molecule has 0 spiro atoms. The fourth-order valence-corrected chi connectivity index (χ4v) is 4.66. The molecule has 2 saturated heterocycles. The number of piperidine rings is 1. The average molecular weight is 476 g/mol. The van der Waals surface area contributed by atoms with Gasteiger partial charge in [0.05, 0.1) is 24.5 Å². The van der Waals surface area contributed by atoms with Gasteiger partial charge in [0.1, 0.15) is 0 Å². The number of hydrogen-bond donors (Lipinski definition) is 1. The van der Waals surface area contributed by atoms with E-state index in [-0.39, 0.29) is 17.7 Å². The van der Waals surface area contributed by atoms with Gasteiger partial charge in [0.2, 0.25) is 5.91 Å². The van der Waals surface area contributed by atoms with Gasteiger partial charge < -0.3 is 15.0 Å². The molecule has 0 aromatic heterocycles. The molecule has 6 nitrogen and oxygen atoms in total. The second kappa shape index (κ2) is 10.7. The maximum absolute atomic E-state index is 13.0. The van der Waals surface area contributed by atoms with Gasteiger partial charge in [-0.25, -0.2) is 0 Å². The number of carbonyl (C=O) groups is 2. The molecular formula is C24H27Cl2N3O3. The molecule has 2 fully saturated rings.